The van der Waals surface area contributed by atoms with Gasteiger partial charge in [-0.3, -0.25) is 0 Å². The van der Waals surface area contributed by atoms with Crippen molar-refractivity contribution in [2.24, 2.45) is 11.8 Å². The second-order valence-corrected chi connectivity index (χ2v) is 5.72. The molecule has 1 aromatic rings. The minimum atomic E-state index is 0.0485. The zero-order chi connectivity index (χ0) is 12.3. The lowest BCUT2D eigenvalue weighted by molar-refractivity contribution is 0.213. The summed E-state index contributed by atoms with van der Waals surface area (Å²) in [4.78, 5) is 3.48. The van der Waals surface area contributed by atoms with Crippen molar-refractivity contribution in [3.05, 3.63) is 21.9 Å². The minimum Gasteiger partial charge on any atom is -0.300 e. The zero-order valence-corrected chi connectivity index (χ0v) is 11.5. The third kappa shape index (κ3) is 2.63. The number of rotatable bonds is 4. The van der Waals surface area contributed by atoms with Crippen LogP contribution in [0.3, 0.4) is 0 Å². The number of aryl methyl sites for hydroxylation is 1. The molecule has 0 aliphatic heterocycles. The summed E-state index contributed by atoms with van der Waals surface area (Å²) in [6.07, 6.45) is 0. The summed E-state index contributed by atoms with van der Waals surface area (Å²) < 4.78 is 0. The molecule has 0 spiro atoms. The van der Waals surface area contributed by atoms with Crippen molar-refractivity contribution in [1.29, 1.82) is 5.26 Å². The van der Waals surface area contributed by atoms with Crippen molar-refractivity contribution >= 4 is 11.3 Å². The van der Waals surface area contributed by atoms with Gasteiger partial charge in [0.05, 0.1) is 18.0 Å². The average Bonchev–Trinajstić information content (AvgIpc) is 2.59. The lowest BCUT2D eigenvalue weighted by atomic mass is 9.87. The molecule has 1 rings (SSSR count). The van der Waals surface area contributed by atoms with Gasteiger partial charge in [-0.2, -0.15) is 5.26 Å². The van der Waals surface area contributed by atoms with Gasteiger partial charge in [0, 0.05) is 4.88 Å². The third-order valence-corrected chi connectivity index (χ3v) is 4.02. The maximum atomic E-state index is 9.33. The number of hydrogen-bond acceptors (Lipinski definition) is 3. The highest BCUT2D eigenvalue weighted by atomic mass is 32.1. The molecule has 1 aromatic heterocycles. The van der Waals surface area contributed by atoms with E-state index in [4.69, 9.17) is 0 Å². The van der Waals surface area contributed by atoms with E-state index in [1.54, 1.807) is 11.3 Å². The molecule has 88 valence electrons. The molecule has 0 saturated carbocycles. The van der Waals surface area contributed by atoms with Gasteiger partial charge in [-0.15, -0.1) is 11.3 Å². The molecule has 0 saturated heterocycles. The van der Waals surface area contributed by atoms with Gasteiger partial charge in [0.15, 0.2) is 0 Å². The first kappa shape index (κ1) is 13.2. The van der Waals surface area contributed by atoms with Gasteiger partial charge in [0.1, 0.15) is 0 Å². The molecule has 0 aliphatic carbocycles. The van der Waals surface area contributed by atoms with E-state index in [9.17, 15) is 5.26 Å². The fraction of sp³-hybridized carbons (Fsp3) is 0.615. The van der Waals surface area contributed by atoms with Crippen LogP contribution >= 0.6 is 11.3 Å². The topological polar surface area (TPSA) is 27.0 Å². The second kappa shape index (κ2) is 5.47. The van der Waals surface area contributed by atoms with Crippen LogP contribution in [0.2, 0.25) is 0 Å². The molecule has 0 N–H and O–H groups in total. The molecule has 0 aliphatic rings. The van der Waals surface area contributed by atoms with Crippen molar-refractivity contribution in [2.75, 3.05) is 14.1 Å². The van der Waals surface area contributed by atoms with Gasteiger partial charge in [0.25, 0.3) is 0 Å². The fourth-order valence-corrected chi connectivity index (χ4v) is 3.16. The van der Waals surface area contributed by atoms with E-state index < -0.39 is 0 Å². The summed E-state index contributed by atoms with van der Waals surface area (Å²) in [7, 11) is 4.10. The van der Waals surface area contributed by atoms with Gasteiger partial charge in [0.2, 0.25) is 0 Å². The Kier molecular flexibility index (Phi) is 4.52. The SMILES string of the molecule is Cc1ccsc1C(C(C#N)C(C)C)N(C)C. The molecule has 16 heavy (non-hydrogen) atoms. The van der Waals surface area contributed by atoms with Crippen molar-refractivity contribution in [1.82, 2.24) is 4.90 Å². The number of hydrogen-bond donors (Lipinski definition) is 0. The summed E-state index contributed by atoms with van der Waals surface area (Å²) in [6.45, 7) is 6.36. The van der Waals surface area contributed by atoms with E-state index in [-0.39, 0.29) is 12.0 Å². The van der Waals surface area contributed by atoms with Crippen LogP contribution in [0.4, 0.5) is 0 Å². The van der Waals surface area contributed by atoms with Crippen LogP contribution in [0.15, 0.2) is 11.4 Å². The van der Waals surface area contributed by atoms with Crippen molar-refractivity contribution in [3.63, 3.8) is 0 Å². The molecule has 2 atom stereocenters. The van der Waals surface area contributed by atoms with Crippen molar-refractivity contribution < 1.29 is 0 Å². The van der Waals surface area contributed by atoms with E-state index in [0.717, 1.165) is 0 Å². The number of thiophene rings is 1. The average molecular weight is 236 g/mol. The first-order valence-corrected chi connectivity index (χ1v) is 6.47. The largest absolute Gasteiger partial charge is 0.300 e. The predicted molar refractivity (Wildman–Crippen MR) is 69.4 cm³/mol. The molecule has 0 radical (unpaired) electrons. The fourth-order valence-electron chi connectivity index (χ4n) is 1.99. The van der Waals surface area contributed by atoms with Crippen molar-refractivity contribution in [3.8, 4) is 6.07 Å². The van der Waals surface area contributed by atoms with Gasteiger partial charge in [-0.05, 0) is 43.9 Å². The van der Waals surface area contributed by atoms with E-state index in [1.165, 1.54) is 10.4 Å². The Morgan fingerprint density at radius 2 is 2.00 bits per heavy atom. The molecule has 1 heterocycles. The molecular weight excluding hydrogens is 216 g/mol. The normalized spacial score (nSPS) is 15.1. The third-order valence-electron chi connectivity index (χ3n) is 2.93. The Balaban J connectivity index is 3.10. The first-order valence-electron chi connectivity index (χ1n) is 5.59. The molecule has 0 fully saturated rings. The van der Waals surface area contributed by atoms with Gasteiger partial charge < -0.3 is 4.90 Å². The van der Waals surface area contributed by atoms with Crippen molar-refractivity contribution in [2.45, 2.75) is 26.8 Å². The first-order chi connectivity index (χ1) is 7.49. The Labute approximate surface area is 103 Å². The van der Waals surface area contributed by atoms with Gasteiger partial charge in [-0.25, -0.2) is 0 Å². The van der Waals surface area contributed by atoms with Crippen LogP contribution in [0.25, 0.3) is 0 Å². The highest BCUT2D eigenvalue weighted by Crippen LogP contribution is 2.36. The predicted octanol–water partition coefficient (Wildman–Crippen LogP) is 3.46. The zero-order valence-electron chi connectivity index (χ0n) is 10.7. The minimum absolute atomic E-state index is 0.0485. The molecule has 2 nitrogen and oxygen atoms in total. The summed E-state index contributed by atoms with van der Waals surface area (Å²) >= 11 is 1.75. The summed E-state index contributed by atoms with van der Waals surface area (Å²) in [5, 5.41) is 11.4. The monoisotopic (exact) mass is 236 g/mol. The summed E-state index contributed by atoms with van der Waals surface area (Å²) in [5.41, 5.74) is 1.30. The lowest BCUT2D eigenvalue weighted by Gasteiger charge is -2.30. The van der Waals surface area contributed by atoms with Gasteiger partial charge >= 0.3 is 0 Å². The highest BCUT2D eigenvalue weighted by Gasteiger charge is 2.29. The molecule has 0 bridgehead atoms. The molecule has 2 unspecified atom stereocenters. The van der Waals surface area contributed by atoms with Crippen LogP contribution in [0.1, 0.15) is 30.3 Å². The molecule has 0 amide bonds. The van der Waals surface area contributed by atoms with Gasteiger partial charge in [-0.1, -0.05) is 13.8 Å². The molecule has 0 aromatic carbocycles. The van der Waals surface area contributed by atoms with Crippen LogP contribution in [0.5, 0.6) is 0 Å². The smallest absolute Gasteiger partial charge is 0.0691 e. The Bertz CT molecular complexity index is 374. The van der Waals surface area contributed by atoms with E-state index >= 15 is 0 Å². The summed E-state index contributed by atoms with van der Waals surface area (Å²) in [5.74, 6) is 0.422. The van der Waals surface area contributed by atoms with Crippen LogP contribution in [-0.2, 0) is 0 Å². The van der Waals surface area contributed by atoms with Crippen LogP contribution < -0.4 is 0 Å². The number of nitriles is 1. The quantitative estimate of drug-likeness (QED) is 0.800. The Morgan fingerprint density at radius 1 is 1.38 bits per heavy atom. The number of nitrogens with zero attached hydrogens (tertiary/aromatic N) is 2. The standard InChI is InChI=1S/C13H20N2S/c1-9(2)11(8-14)12(15(4)5)13-10(3)6-7-16-13/h6-7,9,11-12H,1-5H3. The molecule has 3 heteroatoms. The van der Waals surface area contributed by atoms with E-state index in [1.807, 2.05) is 0 Å². The van der Waals surface area contributed by atoms with E-state index in [2.05, 4.69) is 57.3 Å². The maximum absolute atomic E-state index is 9.33. The summed E-state index contributed by atoms with van der Waals surface area (Å²) in [6, 6.07) is 4.81. The van der Waals surface area contributed by atoms with E-state index in [0.29, 0.717) is 5.92 Å². The highest BCUT2D eigenvalue weighted by molar-refractivity contribution is 7.10. The Hall–Kier alpha value is -0.850. The second-order valence-electron chi connectivity index (χ2n) is 4.78. The maximum Gasteiger partial charge on any atom is 0.0691 e. The Morgan fingerprint density at radius 3 is 2.31 bits per heavy atom. The lowest BCUT2D eigenvalue weighted by Crippen LogP contribution is -2.29. The van der Waals surface area contributed by atoms with Crippen LogP contribution in [0, 0.1) is 30.1 Å². The molecular formula is C13H20N2S. The van der Waals surface area contributed by atoms with Crippen LogP contribution in [-0.4, -0.2) is 19.0 Å².